The van der Waals surface area contributed by atoms with Crippen molar-refractivity contribution in [1.82, 2.24) is 0 Å². The van der Waals surface area contributed by atoms with Crippen LogP contribution in [0.15, 0.2) is 84.9 Å². The van der Waals surface area contributed by atoms with Crippen molar-refractivity contribution < 1.29 is 17.9 Å². The van der Waals surface area contributed by atoms with Crippen LogP contribution in [0.2, 0.25) is 0 Å². The molecule has 0 heterocycles. The zero-order valence-electron chi connectivity index (χ0n) is 13.0. The van der Waals surface area contributed by atoms with Gasteiger partial charge in [0.15, 0.2) is 4.87 Å². The van der Waals surface area contributed by atoms with Crippen molar-refractivity contribution in [2.75, 3.05) is 0 Å². The summed E-state index contributed by atoms with van der Waals surface area (Å²) >= 11 is 6.11. The molecule has 0 bridgehead atoms. The molecule has 0 aliphatic rings. The zero-order valence-corrected chi connectivity index (χ0v) is 13.8. The van der Waals surface area contributed by atoms with Crippen LogP contribution in [-0.2, 0) is 4.87 Å². The molecule has 25 heavy (non-hydrogen) atoms. The van der Waals surface area contributed by atoms with E-state index in [2.05, 4.69) is 0 Å². The van der Waals surface area contributed by atoms with Crippen molar-refractivity contribution in [3.8, 4) is 11.5 Å². The molecule has 1 atom stereocenters. The quantitative estimate of drug-likeness (QED) is 0.480. The molecule has 0 fully saturated rings. The summed E-state index contributed by atoms with van der Waals surface area (Å²) in [7, 11) is 0. The molecule has 0 aliphatic carbocycles. The summed E-state index contributed by atoms with van der Waals surface area (Å²) < 4.78 is 46.9. The van der Waals surface area contributed by atoms with Crippen LogP contribution in [0.4, 0.5) is 13.2 Å². The molecule has 0 N–H and O–H groups in total. The van der Waals surface area contributed by atoms with Crippen LogP contribution in [0.25, 0.3) is 0 Å². The van der Waals surface area contributed by atoms with Gasteiger partial charge in [-0.3, -0.25) is 0 Å². The molecular weight excluding hydrogens is 349 g/mol. The van der Waals surface area contributed by atoms with Crippen molar-refractivity contribution >= 4 is 11.6 Å². The second kappa shape index (κ2) is 6.81. The number of hydrogen-bond acceptors (Lipinski definition) is 1. The Morgan fingerprint density at radius 3 is 1.56 bits per heavy atom. The molecule has 128 valence electrons. The summed E-state index contributed by atoms with van der Waals surface area (Å²) in [5, 5.41) is 0. The standard InChI is InChI=1S/C20H14ClF3O/c21-19(20(22,23)24,15-7-3-1-4-8-15)16-11-13-18(14-12-16)25-17-9-5-2-6-10-17/h1-14H. The molecule has 0 aromatic heterocycles. The Labute approximate surface area is 148 Å². The highest BCUT2D eigenvalue weighted by atomic mass is 35.5. The van der Waals surface area contributed by atoms with Gasteiger partial charge in [-0.1, -0.05) is 72.3 Å². The van der Waals surface area contributed by atoms with Crippen LogP contribution in [0.5, 0.6) is 11.5 Å². The van der Waals surface area contributed by atoms with E-state index in [4.69, 9.17) is 16.3 Å². The molecule has 1 unspecified atom stereocenters. The maximum Gasteiger partial charge on any atom is 0.415 e. The fourth-order valence-corrected chi connectivity index (χ4v) is 2.79. The molecule has 0 radical (unpaired) electrons. The smallest absolute Gasteiger partial charge is 0.415 e. The van der Waals surface area contributed by atoms with Gasteiger partial charge in [0.2, 0.25) is 0 Å². The second-order valence-electron chi connectivity index (χ2n) is 5.46. The summed E-state index contributed by atoms with van der Waals surface area (Å²) in [5.41, 5.74) is -0.0887. The van der Waals surface area contributed by atoms with Gasteiger partial charge in [-0.15, -0.1) is 0 Å². The SMILES string of the molecule is FC(F)(F)C(Cl)(c1ccccc1)c1ccc(Oc2ccccc2)cc1. The number of hydrogen-bond donors (Lipinski definition) is 0. The zero-order chi connectivity index (χ0) is 17.9. The van der Waals surface area contributed by atoms with E-state index in [1.165, 1.54) is 48.5 Å². The molecule has 0 saturated carbocycles. The Hall–Kier alpha value is -2.46. The predicted octanol–water partition coefficient (Wildman–Crippen LogP) is 6.52. The third kappa shape index (κ3) is 3.49. The van der Waals surface area contributed by atoms with Gasteiger partial charge in [-0.2, -0.15) is 13.2 Å². The lowest BCUT2D eigenvalue weighted by molar-refractivity contribution is -0.154. The molecule has 3 aromatic rings. The molecule has 0 saturated heterocycles. The van der Waals surface area contributed by atoms with Crippen LogP contribution < -0.4 is 4.74 Å². The first kappa shape index (κ1) is 17.4. The van der Waals surface area contributed by atoms with Gasteiger partial charge in [0, 0.05) is 0 Å². The lowest BCUT2D eigenvalue weighted by atomic mass is 9.89. The first-order valence-electron chi connectivity index (χ1n) is 7.56. The molecule has 1 nitrogen and oxygen atoms in total. The fraction of sp³-hybridized carbons (Fsp3) is 0.100. The summed E-state index contributed by atoms with van der Waals surface area (Å²) in [4.78, 5) is -2.61. The maximum absolute atomic E-state index is 13.8. The summed E-state index contributed by atoms with van der Waals surface area (Å²) in [6.45, 7) is 0. The van der Waals surface area contributed by atoms with E-state index in [1.807, 2.05) is 18.2 Å². The number of ether oxygens (including phenoxy) is 1. The van der Waals surface area contributed by atoms with E-state index in [9.17, 15) is 13.2 Å². The highest BCUT2D eigenvalue weighted by molar-refractivity contribution is 6.26. The monoisotopic (exact) mass is 362 g/mol. The van der Waals surface area contributed by atoms with E-state index in [0.717, 1.165) is 0 Å². The number of alkyl halides is 4. The Balaban J connectivity index is 1.95. The summed E-state index contributed by atoms with van der Waals surface area (Å²) in [6.07, 6.45) is -4.66. The Morgan fingerprint density at radius 1 is 0.600 bits per heavy atom. The fourth-order valence-electron chi connectivity index (χ4n) is 2.54. The minimum Gasteiger partial charge on any atom is -0.457 e. The molecule has 5 heteroatoms. The van der Waals surface area contributed by atoms with Gasteiger partial charge in [0.05, 0.1) is 0 Å². The molecule has 0 aliphatic heterocycles. The normalized spacial score (nSPS) is 13.9. The molecule has 3 aromatic carbocycles. The molecule has 3 rings (SSSR count). The van der Waals surface area contributed by atoms with E-state index < -0.39 is 11.1 Å². The van der Waals surface area contributed by atoms with Crippen LogP contribution in [0.1, 0.15) is 11.1 Å². The minimum atomic E-state index is -4.66. The number of benzene rings is 3. The Kier molecular flexibility index (Phi) is 4.73. The summed E-state index contributed by atoms with van der Waals surface area (Å²) in [6, 6.07) is 22.1. The molecule has 0 amide bonds. The van der Waals surface area contributed by atoms with Gasteiger partial charge < -0.3 is 4.74 Å². The number of rotatable bonds is 4. The average molecular weight is 363 g/mol. The van der Waals surface area contributed by atoms with Crippen molar-refractivity contribution in [3.63, 3.8) is 0 Å². The summed E-state index contributed by atoms with van der Waals surface area (Å²) in [5.74, 6) is 1.04. The third-order valence-electron chi connectivity index (χ3n) is 3.79. The van der Waals surface area contributed by atoms with Crippen molar-refractivity contribution in [1.29, 1.82) is 0 Å². The minimum absolute atomic E-state index is 0.0269. The average Bonchev–Trinajstić information content (AvgIpc) is 2.62. The van der Waals surface area contributed by atoms with Gasteiger partial charge in [0.25, 0.3) is 0 Å². The number of para-hydroxylation sites is 1. The van der Waals surface area contributed by atoms with Gasteiger partial charge in [-0.05, 0) is 35.4 Å². The molecular formula is C20H14ClF3O. The highest BCUT2D eigenvalue weighted by Gasteiger charge is 2.56. The van der Waals surface area contributed by atoms with Crippen molar-refractivity contribution in [2.45, 2.75) is 11.1 Å². The van der Waals surface area contributed by atoms with Gasteiger partial charge >= 0.3 is 6.18 Å². The first-order valence-corrected chi connectivity index (χ1v) is 7.93. The van der Waals surface area contributed by atoms with E-state index in [-0.39, 0.29) is 11.1 Å². The largest absolute Gasteiger partial charge is 0.457 e. The van der Waals surface area contributed by atoms with Crippen LogP contribution in [0.3, 0.4) is 0 Å². The van der Waals surface area contributed by atoms with Gasteiger partial charge in [-0.25, -0.2) is 0 Å². The van der Waals surface area contributed by atoms with Crippen molar-refractivity contribution in [2.24, 2.45) is 0 Å². The van der Waals surface area contributed by atoms with E-state index in [0.29, 0.717) is 11.5 Å². The lowest BCUT2D eigenvalue weighted by Crippen LogP contribution is -2.38. The Morgan fingerprint density at radius 2 is 1.04 bits per heavy atom. The third-order valence-corrected chi connectivity index (χ3v) is 4.44. The number of halogens is 4. The second-order valence-corrected chi connectivity index (χ2v) is 6.03. The predicted molar refractivity (Wildman–Crippen MR) is 92.1 cm³/mol. The lowest BCUT2D eigenvalue weighted by Gasteiger charge is -2.30. The van der Waals surface area contributed by atoms with Crippen LogP contribution in [-0.4, -0.2) is 6.18 Å². The van der Waals surface area contributed by atoms with Gasteiger partial charge in [0.1, 0.15) is 11.5 Å². The van der Waals surface area contributed by atoms with Crippen LogP contribution in [0, 0.1) is 0 Å². The van der Waals surface area contributed by atoms with E-state index in [1.54, 1.807) is 18.2 Å². The first-order chi connectivity index (χ1) is 11.9. The topological polar surface area (TPSA) is 9.23 Å². The Bertz CT molecular complexity index is 817. The van der Waals surface area contributed by atoms with Crippen LogP contribution >= 0.6 is 11.6 Å². The van der Waals surface area contributed by atoms with E-state index >= 15 is 0 Å². The molecule has 0 spiro atoms. The van der Waals surface area contributed by atoms with Crippen molar-refractivity contribution in [3.05, 3.63) is 96.1 Å². The maximum atomic E-state index is 13.8. The highest BCUT2D eigenvalue weighted by Crippen LogP contribution is 2.49.